The van der Waals surface area contributed by atoms with E-state index in [0.29, 0.717) is 19.6 Å². The Morgan fingerprint density at radius 1 is 1.26 bits per heavy atom. The second-order valence-electron chi connectivity index (χ2n) is 3.88. The summed E-state index contributed by atoms with van der Waals surface area (Å²) in [6, 6.07) is 11.6. The molecule has 0 bridgehead atoms. The van der Waals surface area contributed by atoms with Crippen molar-refractivity contribution in [1.82, 2.24) is 5.32 Å². The SMILES string of the molecule is O=C(Cc1cccs1)NCCOc1ccccc1Br. The van der Waals surface area contributed by atoms with Gasteiger partial charge in [0.05, 0.1) is 17.4 Å². The van der Waals surface area contributed by atoms with Gasteiger partial charge in [0.25, 0.3) is 0 Å². The van der Waals surface area contributed by atoms with Gasteiger partial charge >= 0.3 is 0 Å². The van der Waals surface area contributed by atoms with Crippen LogP contribution in [0.3, 0.4) is 0 Å². The Balaban J connectivity index is 1.67. The van der Waals surface area contributed by atoms with Crippen molar-refractivity contribution >= 4 is 33.2 Å². The van der Waals surface area contributed by atoms with E-state index in [2.05, 4.69) is 21.2 Å². The van der Waals surface area contributed by atoms with Crippen molar-refractivity contribution in [3.8, 4) is 5.75 Å². The molecule has 1 amide bonds. The first-order chi connectivity index (χ1) is 9.25. The number of halogens is 1. The van der Waals surface area contributed by atoms with E-state index in [0.717, 1.165) is 15.1 Å². The molecule has 0 radical (unpaired) electrons. The summed E-state index contributed by atoms with van der Waals surface area (Å²) in [4.78, 5) is 12.7. The van der Waals surface area contributed by atoms with Crippen LogP contribution in [0.5, 0.6) is 5.75 Å². The highest BCUT2D eigenvalue weighted by Crippen LogP contribution is 2.23. The third-order valence-electron chi connectivity index (χ3n) is 2.43. The number of hydrogen-bond donors (Lipinski definition) is 1. The number of hydrogen-bond acceptors (Lipinski definition) is 3. The molecule has 0 saturated carbocycles. The zero-order valence-corrected chi connectivity index (χ0v) is 12.7. The van der Waals surface area contributed by atoms with Crippen LogP contribution in [0.4, 0.5) is 0 Å². The second kappa shape index (κ2) is 7.31. The van der Waals surface area contributed by atoms with Crippen molar-refractivity contribution in [2.24, 2.45) is 0 Å². The van der Waals surface area contributed by atoms with Gasteiger partial charge in [0.1, 0.15) is 12.4 Å². The van der Waals surface area contributed by atoms with Crippen LogP contribution in [0, 0.1) is 0 Å². The molecule has 0 aliphatic rings. The Kier molecular flexibility index (Phi) is 5.42. The quantitative estimate of drug-likeness (QED) is 0.820. The molecule has 1 heterocycles. The van der Waals surface area contributed by atoms with Gasteiger partial charge in [-0.3, -0.25) is 4.79 Å². The van der Waals surface area contributed by atoms with Gasteiger partial charge in [-0.15, -0.1) is 11.3 Å². The third kappa shape index (κ3) is 4.69. The number of para-hydroxylation sites is 1. The number of carbonyl (C=O) groups excluding carboxylic acids is 1. The van der Waals surface area contributed by atoms with E-state index in [1.54, 1.807) is 11.3 Å². The number of carbonyl (C=O) groups is 1. The van der Waals surface area contributed by atoms with Crippen molar-refractivity contribution in [2.45, 2.75) is 6.42 Å². The Bertz CT molecular complexity index is 528. The average Bonchev–Trinajstić information content (AvgIpc) is 2.89. The molecule has 0 saturated heterocycles. The number of amides is 1. The molecule has 0 atom stereocenters. The lowest BCUT2D eigenvalue weighted by atomic mass is 10.3. The largest absolute Gasteiger partial charge is 0.491 e. The number of benzene rings is 1. The fraction of sp³-hybridized carbons (Fsp3) is 0.214. The topological polar surface area (TPSA) is 38.3 Å². The predicted octanol–water partition coefficient (Wildman–Crippen LogP) is 3.25. The standard InChI is InChI=1S/C14H14BrNO2S/c15-12-5-1-2-6-13(12)18-8-7-16-14(17)10-11-4-3-9-19-11/h1-6,9H,7-8,10H2,(H,16,17). The molecule has 0 spiro atoms. The van der Waals surface area contributed by atoms with Crippen LogP contribution in [0.2, 0.25) is 0 Å². The lowest BCUT2D eigenvalue weighted by Gasteiger charge is -2.08. The van der Waals surface area contributed by atoms with Gasteiger partial charge in [-0.1, -0.05) is 18.2 Å². The highest BCUT2D eigenvalue weighted by molar-refractivity contribution is 9.10. The third-order valence-corrected chi connectivity index (χ3v) is 3.96. The average molecular weight is 340 g/mol. The van der Waals surface area contributed by atoms with Gasteiger partial charge in [0.2, 0.25) is 5.91 Å². The monoisotopic (exact) mass is 339 g/mol. The van der Waals surface area contributed by atoms with Crippen LogP contribution >= 0.6 is 27.3 Å². The summed E-state index contributed by atoms with van der Waals surface area (Å²) in [6.45, 7) is 0.963. The fourth-order valence-corrected chi connectivity index (χ4v) is 2.65. The molecule has 2 rings (SSSR count). The lowest BCUT2D eigenvalue weighted by molar-refractivity contribution is -0.120. The summed E-state index contributed by atoms with van der Waals surface area (Å²) in [6.07, 6.45) is 0.437. The van der Waals surface area contributed by atoms with E-state index >= 15 is 0 Å². The summed E-state index contributed by atoms with van der Waals surface area (Å²) in [7, 11) is 0. The van der Waals surface area contributed by atoms with E-state index in [4.69, 9.17) is 4.74 Å². The number of nitrogens with one attached hydrogen (secondary N) is 1. The molecule has 3 nitrogen and oxygen atoms in total. The first-order valence-electron chi connectivity index (χ1n) is 5.92. The molecule has 1 aromatic heterocycles. The number of thiophene rings is 1. The maximum Gasteiger partial charge on any atom is 0.225 e. The summed E-state index contributed by atoms with van der Waals surface area (Å²) in [5.41, 5.74) is 0. The minimum Gasteiger partial charge on any atom is -0.491 e. The fourth-order valence-electron chi connectivity index (χ4n) is 1.55. The summed E-state index contributed by atoms with van der Waals surface area (Å²) in [5, 5.41) is 4.81. The van der Waals surface area contributed by atoms with E-state index < -0.39 is 0 Å². The van der Waals surface area contributed by atoms with E-state index in [9.17, 15) is 4.79 Å². The molecule has 1 aromatic carbocycles. The predicted molar refractivity (Wildman–Crippen MR) is 80.7 cm³/mol. The van der Waals surface area contributed by atoms with Gasteiger partial charge in [-0.2, -0.15) is 0 Å². The van der Waals surface area contributed by atoms with Gasteiger partial charge in [-0.05, 0) is 39.5 Å². The van der Waals surface area contributed by atoms with Crippen LogP contribution in [-0.4, -0.2) is 19.1 Å². The molecule has 0 aliphatic carbocycles. The first-order valence-corrected chi connectivity index (χ1v) is 7.59. The lowest BCUT2D eigenvalue weighted by Crippen LogP contribution is -2.29. The van der Waals surface area contributed by atoms with Gasteiger partial charge < -0.3 is 10.1 Å². The van der Waals surface area contributed by atoms with E-state index in [1.165, 1.54) is 0 Å². The van der Waals surface area contributed by atoms with Gasteiger partial charge in [0, 0.05) is 4.88 Å². The van der Waals surface area contributed by atoms with E-state index in [-0.39, 0.29) is 5.91 Å². The van der Waals surface area contributed by atoms with Crippen LogP contribution in [0.1, 0.15) is 4.88 Å². The Labute approximate surface area is 124 Å². The Morgan fingerprint density at radius 2 is 2.11 bits per heavy atom. The van der Waals surface area contributed by atoms with Gasteiger partial charge in [0.15, 0.2) is 0 Å². The van der Waals surface area contributed by atoms with Crippen molar-refractivity contribution in [3.05, 3.63) is 51.1 Å². The highest BCUT2D eigenvalue weighted by atomic mass is 79.9. The molecule has 5 heteroatoms. The highest BCUT2D eigenvalue weighted by Gasteiger charge is 2.04. The second-order valence-corrected chi connectivity index (χ2v) is 5.77. The molecular weight excluding hydrogens is 326 g/mol. The maximum atomic E-state index is 11.6. The number of rotatable bonds is 6. The minimum absolute atomic E-state index is 0.0261. The Morgan fingerprint density at radius 3 is 2.84 bits per heavy atom. The van der Waals surface area contributed by atoms with Crippen LogP contribution < -0.4 is 10.1 Å². The van der Waals surface area contributed by atoms with Crippen molar-refractivity contribution < 1.29 is 9.53 Å². The molecule has 0 aliphatic heterocycles. The van der Waals surface area contributed by atoms with E-state index in [1.807, 2.05) is 41.8 Å². The summed E-state index contributed by atoms with van der Waals surface area (Å²) < 4.78 is 6.48. The van der Waals surface area contributed by atoms with Gasteiger partial charge in [-0.25, -0.2) is 0 Å². The molecule has 2 aromatic rings. The first kappa shape index (κ1) is 14.1. The zero-order valence-electron chi connectivity index (χ0n) is 10.3. The number of ether oxygens (including phenoxy) is 1. The molecular formula is C14H14BrNO2S. The Hall–Kier alpha value is -1.33. The van der Waals surface area contributed by atoms with Crippen LogP contribution in [0.15, 0.2) is 46.3 Å². The van der Waals surface area contributed by atoms with Crippen molar-refractivity contribution in [2.75, 3.05) is 13.2 Å². The molecule has 0 unspecified atom stereocenters. The van der Waals surface area contributed by atoms with Crippen LogP contribution in [-0.2, 0) is 11.2 Å². The van der Waals surface area contributed by atoms with Crippen molar-refractivity contribution in [3.63, 3.8) is 0 Å². The van der Waals surface area contributed by atoms with Crippen molar-refractivity contribution in [1.29, 1.82) is 0 Å². The molecule has 100 valence electrons. The molecule has 19 heavy (non-hydrogen) atoms. The smallest absolute Gasteiger partial charge is 0.225 e. The maximum absolute atomic E-state index is 11.6. The zero-order chi connectivity index (χ0) is 13.5. The summed E-state index contributed by atoms with van der Waals surface area (Å²) >= 11 is 5.00. The summed E-state index contributed by atoms with van der Waals surface area (Å²) in [5.74, 6) is 0.813. The molecule has 1 N–H and O–H groups in total. The molecule has 0 fully saturated rings. The van der Waals surface area contributed by atoms with Crippen LogP contribution in [0.25, 0.3) is 0 Å². The normalized spacial score (nSPS) is 10.2. The minimum atomic E-state index is 0.0261.